The van der Waals surface area contributed by atoms with Gasteiger partial charge < -0.3 is 10.1 Å². The van der Waals surface area contributed by atoms with Crippen molar-refractivity contribution in [2.24, 2.45) is 11.8 Å². The molecule has 0 aliphatic heterocycles. The van der Waals surface area contributed by atoms with Gasteiger partial charge in [0.1, 0.15) is 0 Å². The lowest BCUT2D eigenvalue weighted by Gasteiger charge is -2.37. The van der Waals surface area contributed by atoms with Gasteiger partial charge in [-0.25, -0.2) is 0 Å². The monoisotopic (exact) mass is 255 g/mol. The molecular weight excluding hydrogens is 222 g/mol. The van der Waals surface area contributed by atoms with Crippen LogP contribution in [0.5, 0.6) is 0 Å². The van der Waals surface area contributed by atoms with E-state index in [1.807, 2.05) is 0 Å². The van der Waals surface area contributed by atoms with Crippen molar-refractivity contribution >= 4 is 0 Å². The first-order valence-electron chi connectivity index (χ1n) is 8.02. The number of ether oxygens (including phenoxy) is 1. The second-order valence-electron chi connectivity index (χ2n) is 6.10. The molecule has 108 valence electrons. The van der Waals surface area contributed by atoms with Crippen molar-refractivity contribution in [2.75, 3.05) is 13.2 Å². The van der Waals surface area contributed by atoms with Crippen molar-refractivity contribution in [1.29, 1.82) is 0 Å². The standard InChI is InChI=1S/C16H33NO/c1-5-7-14-8-9-16(17-6-2)15(12-14)10-11-18-13(3)4/h13-17H,5-12H2,1-4H3. The van der Waals surface area contributed by atoms with Gasteiger partial charge in [0.15, 0.2) is 0 Å². The molecule has 0 aromatic rings. The second kappa shape index (κ2) is 8.92. The Labute approximate surface area is 114 Å². The fourth-order valence-electron chi connectivity index (χ4n) is 3.34. The minimum atomic E-state index is 0.373. The Morgan fingerprint density at radius 3 is 2.56 bits per heavy atom. The highest BCUT2D eigenvalue weighted by Gasteiger charge is 2.29. The average Bonchev–Trinajstić information content (AvgIpc) is 2.32. The minimum Gasteiger partial charge on any atom is -0.379 e. The van der Waals surface area contributed by atoms with Crippen molar-refractivity contribution in [3.63, 3.8) is 0 Å². The molecule has 0 saturated heterocycles. The van der Waals surface area contributed by atoms with E-state index in [9.17, 15) is 0 Å². The fourth-order valence-corrected chi connectivity index (χ4v) is 3.34. The molecule has 1 aliphatic carbocycles. The quantitative estimate of drug-likeness (QED) is 0.708. The molecule has 0 aromatic carbocycles. The molecule has 3 atom stereocenters. The van der Waals surface area contributed by atoms with E-state index in [2.05, 4.69) is 33.0 Å². The van der Waals surface area contributed by atoms with Crippen LogP contribution in [0.4, 0.5) is 0 Å². The molecule has 0 heterocycles. The highest BCUT2D eigenvalue weighted by molar-refractivity contribution is 4.84. The third-order valence-electron chi connectivity index (χ3n) is 4.19. The number of hydrogen-bond donors (Lipinski definition) is 1. The third-order valence-corrected chi connectivity index (χ3v) is 4.19. The molecule has 3 unspecified atom stereocenters. The average molecular weight is 255 g/mol. The zero-order valence-corrected chi connectivity index (χ0v) is 12.9. The summed E-state index contributed by atoms with van der Waals surface area (Å²) < 4.78 is 5.74. The van der Waals surface area contributed by atoms with Crippen molar-refractivity contribution in [2.45, 2.75) is 78.4 Å². The van der Waals surface area contributed by atoms with Gasteiger partial charge in [-0.1, -0.05) is 26.7 Å². The molecule has 1 aliphatic rings. The Morgan fingerprint density at radius 2 is 1.94 bits per heavy atom. The van der Waals surface area contributed by atoms with E-state index in [-0.39, 0.29) is 0 Å². The first-order valence-corrected chi connectivity index (χ1v) is 8.02. The van der Waals surface area contributed by atoms with E-state index >= 15 is 0 Å². The SMILES string of the molecule is CCCC1CCC(NCC)C(CCOC(C)C)C1. The Hall–Kier alpha value is -0.0800. The van der Waals surface area contributed by atoms with Crippen LogP contribution in [0.15, 0.2) is 0 Å². The van der Waals surface area contributed by atoms with Crippen molar-refractivity contribution in [1.82, 2.24) is 5.32 Å². The summed E-state index contributed by atoms with van der Waals surface area (Å²) in [6, 6.07) is 0.735. The van der Waals surface area contributed by atoms with Crippen LogP contribution >= 0.6 is 0 Å². The van der Waals surface area contributed by atoms with E-state index in [1.54, 1.807) is 0 Å². The van der Waals surface area contributed by atoms with Gasteiger partial charge in [-0.3, -0.25) is 0 Å². The summed E-state index contributed by atoms with van der Waals surface area (Å²) in [5.74, 6) is 1.79. The fraction of sp³-hybridized carbons (Fsp3) is 1.00. The topological polar surface area (TPSA) is 21.3 Å². The van der Waals surface area contributed by atoms with Gasteiger partial charge in [-0.05, 0) is 57.9 Å². The summed E-state index contributed by atoms with van der Waals surface area (Å²) in [5.41, 5.74) is 0. The molecule has 2 heteroatoms. The lowest BCUT2D eigenvalue weighted by molar-refractivity contribution is 0.0551. The third kappa shape index (κ3) is 5.71. The lowest BCUT2D eigenvalue weighted by atomic mass is 9.75. The number of rotatable bonds is 8. The Morgan fingerprint density at radius 1 is 1.17 bits per heavy atom. The Bertz CT molecular complexity index is 205. The largest absolute Gasteiger partial charge is 0.379 e. The van der Waals surface area contributed by atoms with Crippen LogP contribution in [-0.4, -0.2) is 25.3 Å². The molecule has 1 rings (SSSR count). The van der Waals surface area contributed by atoms with E-state index in [0.717, 1.165) is 31.0 Å². The summed E-state index contributed by atoms with van der Waals surface area (Å²) in [5, 5.41) is 3.68. The van der Waals surface area contributed by atoms with Gasteiger partial charge in [0.25, 0.3) is 0 Å². The molecule has 0 spiro atoms. The molecule has 18 heavy (non-hydrogen) atoms. The highest BCUT2D eigenvalue weighted by atomic mass is 16.5. The van der Waals surface area contributed by atoms with Crippen molar-refractivity contribution in [3.05, 3.63) is 0 Å². The van der Waals surface area contributed by atoms with E-state index in [1.165, 1.54) is 38.5 Å². The number of hydrogen-bond acceptors (Lipinski definition) is 2. The maximum absolute atomic E-state index is 5.74. The molecule has 0 amide bonds. The van der Waals surface area contributed by atoms with Gasteiger partial charge in [0, 0.05) is 12.6 Å². The predicted octanol–water partition coefficient (Wildman–Crippen LogP) is 4.00. The molecule has 0 radical (unpaired) electrons. The minimum absolute atomic E-state index is 0.373. The lowest BCUT2D eigenvalue weighted by Crippen LogP contribution is -2.41. The molecule has 1 fully saturated rings. The second-order valence-corrected chi connectivity index (χ2v) is 6.10. The van der Waals surface area contributed by atoms with Crippen LogP contribution in [0, 0.1) is 11.8 Å². The molecule has 0 aromatic heterocycles. The van der Waals surface area contributed by atoms with Crippen LogP contribution in [0.25, 0.3) is 0 Å². The van der Waals surface area contributed by atoms with Gasteiger partial charge in [-0.2, -0.15) is 0 Å². The molecular formula is C16H33NO. The summed E-state index contributed by atoms with van der Waals surface area (Å²) in [7, 11) is 0. The normalized spacial score (nSPS) is 28.8. The maximum Gasteiger partial charge on any atom is 0.0518 e. The van der Waals surface area contributed by atoms with Crippen molar-refractivity contribution in [3.8, 4) is 0 Å². The van der Waals surface area contributed by atoms with E-state index < -0.39 is 0 Å². The van der Waals surface area contributed by atoms with Crippen LogP contribution in [0.1, 0.15) is 66.2 Å². The van der Waals surface area contributed by atoms with E-state index in [4.69, 9.17) is 4.74 Å². The van der Waals surface area contributed by atoms with Crippen LogP contribution in [0.2, 0.25) is 0 Å². The molecule has 2 nitrogen and oxygen atoms in total. The number of nitrogens with one attached hydrogen (secondary N) is 1. The van der Waals surface area contributed by atoms with Crippen LogP contribution < -0.4 is 5.32 Å². The predicted molar refractivity (Wildman–Crippen MR) is 78.9 cm³/mol. The summed E-state index contributed by atoms with van der Waals surface area (Å²) in [6.07, 6.45) is 8.56. The van der Waals surface area contributed by atoms with Gasteiger partial charge >= 0.3 is 0 Å². The molecule has 1 saturated carbocycles. The first-order chi connectivity index (χ1) is 8.67. The van der Waals surface area contributed by atoms with E-state index in [0.29, 0.717) is 6.10 Å². The van der Waals surface area contributed by atoms with Crippen molar-refractivity contribution < 1.29 is 4.74 Å². The Kier molecular flexibility index (Phi) is 7.92. The van der Waals surface area contributed by atoms with Gasteiger partial charge in [0.05, 0.1) is 6.10 Å². The molecule has 0 bridgehead atoms. The van der Waals surface area contributed by atoms with Gasteiger partial charge in [-0.15, -0.1) is 0 Å². The first kappa shape index (κ1) is 16.0. The zero-order chi connectivity index (χ0) is 13.4. The van der Waals surface area contributed by atoms with Crippen LogP contribution in [-0.2, 0) is 4.74 Å². The highest BCUT2D eigenvalue weighted by Crippen LogP contribution is 2.34. The molecule has 1 N–H and O–H groups in total. The summed E-state index contributed by atoms with van der Waals surface area (Å²) >= 11 is 0. The summed E-state index contributed by atoms with van der Waals surface area (Å²) in [6.45, 7) is 10.8. The van der Waals surface area contributed by atoms with Crippen LogP contribution in [0.3, 0.4) is 0 Å². The Balaban J connectivity index is 2.38. The maximum atomic E-state index is 5.74. The zero-order valence-electron chi connectivity index (χ0n) is 12.9. The van der Waals surface area contributed by atoms with Gasteiger partial charge in [0.2, 0.25) is 0 Å². The summed E-state index contributed by atoms with van der Waals surface area (Å²) in [4.78, 5) is 0. The smallest absolute Gasteiger partial charge is 0.0518 e.